The lowest BCUT2D eigenvalue weighted by molar-refractivity contribution is -0.142. The number of ketones is 1. The number of hydrogen-bond donors (Lipinski definition) is 1. The van der Waals surface area contributed by atoms with Crippen LogP contribution in [0, 0.1) is 17.3 Å². The Morgan fingerprint density at radius 1 is 1.35 bits per heavy atom. The van der Waals surface area contributed by atoms with Crippen molar-refractivity contribution in [2.24, 2.45) is 17.3 Å². The first-order chi connectivity index (χ1) is 8.16. The lowest BCUT2D eigenvalue weighted by atomic mass is 9.90. The SMILES string of the molecule is O=C(O)[C@H]1[C@H]2CCC(=O)[C@@]21Cc1ccccc1. The van der Waals surface area contributed by atoms with Gasteiger partial charge in [-0.15, -0.1) is 0 Å². The third-order valence-electron chi connectivity index (χ3n) is 4.32. The van der Waals surface area contributed by atoms with E-state index in [2.05, 4.69) is 0 Å². The van der Waals surface area contributed by atoms with Gasteiger partial charge in [0.15, 0.2) is 0 Å². The zero-order valence-electron chi connectivity index (χ0n) is 9.43. The van der Waals surface area contributed by atoms with Crippen molar-refractivity contribution in [2.45, 2.75) is 19.3 Å². The van der Waals surface area contributed by atoms with Gasteiger partial charge in [-0.3, -0.25) is 9.59 Å². The van der Waals surface area contributed by atoms with Crippen LogP contribution in [0.2, 0.25) is 0 Å². The Kier molecular flexibility index (Phi) is 2.12. The van der Waals surface area contributed by atoms with Gasteiger partial charge in [0.2, 0.25) is 0 Å². The van der Waals surface area contributed by atoms with Crippen molar-refractivity contribution in [1.82, 2.24) is 0 Å². The Bertz CT molecular complexity index is 480. The van der Waals surface area contributed by atoms with Crippen molar-refractivity contribution >= 4 is 11.8 Å². The third-order valence-corrected chi connectivity index (χ3v) is 4.32. The lowest BCUT2D eigenvalue weighted by Crippen LogP contribution is -2.22. The van der Waals surface area contributed by atoms with Crippen molar-refractivity contribution in [3.05, 3.63) is 35.9 Å². The fraction of sp³-hybridized carbons (Fsp3) is 0.429. The molecule has 17 heavy (non-hydrogen) atoms. The molecule has 0 bridgehead atoms. The van der Waals surface area contributed by atoms with Crippen molar-refractivity contribution in [3.8, 4) is 0 Å². The highest BCUT2D eigenvalue weighted by atomic mass is 16.4. The number of rotatable bonds is 3. The average molecular weight is 230 g/mol. The molecule has 1 aromatic carbocycles. The van der Waals surface area contributed by atoms with Crippen LogP contribution in [0.25, 0.3) is 0 Å². The fourth-order valence-corrected chi connectivity index (χ4v) is 3.51. The van der Waals surface area contributed by atoms with Crippen LogP contribution in [-0.2, 0) is 16.0 Å². The summed E-state index contributed by atoms with van der Waals surface area (Å²) in [5.74, 6) is -1.02. The molecular weight excluding hydrogens is 216 g/mol. The number of fused-ring (bicyclic) bond motifs is 1. The van der Waals surface area contributed by atoms with Crippen molar-refractivity contribution in [3.63, 3.8) is 0 Å². The molecule has 0 radical (unpaired) electrons. The second-order valence-electron chi connectivity index (χ2n) is 5.09. The van der Waals surface area contributed by atoms with E-state index in [0.717, 1.165) is 12.0 Å². The maximum absolute atomic E-state index is 12.0. The first kappa shape index (κ1) is 10.5. The molecule has 88 valence electrons. The molecule has 0 aliphatic heterocycles. The number of carbonyl (C=O) groups is 2. The number of hydrogen-bond acceptors (Lipinski definition) is 2. The first-order valence-electron chi connectivity index (χ1n) is 5.96. The molecule has 0 unspecified atom stereocenters. The largest absolute Gasteiger partial charge is 0.481 e. The van der Waals surface area contributed by atoms with Gasteiger partial charge in [0.05, 0.1) is 11.3 Å². The molecule has 1 aromatic rings. The molecule has 0 spiro atoms. The van der Waals surface area contributed by atoms with Gasteiger partial charge in [0.25, 0.3) is 0 Å². The van der Waals surface area contributed by atoms with Gasteiger partial charge in [-0.2, -0.15) is 0 Å². The quantitative estimate of drug-likeness (QED) is 0.863. The highest BCUT2D eigenvalue weighted by Gasteiger charge is 2.74. The van der Waals surface area contributed by atoms with Gasteiger partial charge >= 0.3 is 5.97 Å². The zero-order chi connectivity index (χ0) is 12.0. The van der Waals surface area contributed by atoms with Crippen LogP contribution < -0.4 is 0 Å². The van der Waals surface area contributed by atoms with Gasteiger partial charge in [0, 0.05) is 6.42 Å². The summed E-state index contributed by atoms with van der Waals surface area (Å²) in [6, 6.07) is 9.72. The molecule has 2 aliphatic carbocycles. The number of carbonyl (C=O) groups excluding carboxylic acids is 1. The van der Waals surface area contributed by atoms with Gasteiger partial charge in [-0.1, -0.05) is 30.3 Å². The van der Waals surface area contributed by atoms with E-state index in [1.54, 1.807) is 0 Å². The predicted octanol–water partition coefficient (Wildman–Crippen LogP) is 1.91. The summed E-state index contributed by atoms with van der Waals surface area (Å²) in [5, 5.41) is 9.17. The molecule has 1 N–H and O–H groups in total. The molecule has 0 saturated heterocycles. The molecular formula is C14H14O3. The van der Waals surface area contributed by atoms with E-state index in [1.165, 1.54) is 0 Å². The van der Waals surface area contributed by atoms with E-state index < -0.39 is 17.3 Å². The molecule has 3 atom stereocenters. The maximum atomic E-state index is 12.0. The number of benzene rings is 1. The average Bonchev–Trinajstić information content (AvgIpc) is 2.86. The fourth-order valence-electron chi connectivity index (χ4n) is 3.51. The molecule has 0 aromatic heterocycles. The van der Waals surface area contributed by atoms with E-state index in [4.69, 9.17) is 5.11 Å². The minimum Gasteiger partial charge on any atom is -0.481 e. The predicted molar refractivity (Wildman–Crippen MR) is 61.4 cm³/mol. The summed E-state index contributed by atoms with van der Waals surface area (Å²) in [7, 11) is 0. The number of carboxylic acid groups (broad SMARTS) is 1. The van der Waals surface area contributed by atoms with Gasteiger partial charge < -0.3 is 5.11 Å². The topological polar surface area (TPSA) is 54.4 Å². The molecule has 2 saturated carbocycles. The summed E-state index contributed by atoms with van der Waals surface area (Å²) in [6.45, 7) is 0. The highest BCUT2D eigenvalue weighted by Crippen LogP contribution is 2.67. The standard InChI is InChI=1S/C14H14O3/c15-11-7-6-10-12(13(16)17)14(10,11)8-9-4-2-1-3-5-9/h1-5,10,12H,6-8H2,(H,16,17)/t10-,12-,14-/m1/s1. The van der Waals surface area contributed by atoms with E-state index in [9.17, 15) is 9.59 Å². The van der Waals surface area contributed by atoms with E-state index in [-0.39, 0.29) is 11.7 Å². The number of Topliss-reactive ketones (excluding diaryl/α,β-unsaturated/α-hetero) is 1. The Balaban J connectivity index is 1.90. The second kappa shape index (κ2) is 3.42. The molecule has 0 amide bonds. The Hall–Kier alpha value is -1.64. The Morgan fingerprint density at radius 3 is 2.65 bits per heavy atom. The monoisotopic (exact) mass is 230 g/mol. The Labute approximate surface area is 99.5 Å². The lowest BCUT2D eigenvalue weighted by Gasteiger charge is -2.12. The molecule has 3 heteroatoms. The highest BCUT2D eigenvalue weighted by molar-refractivity contribution is 5.98. The molecule has 3 rings (SSSR count). The maximum Gasteiger partial charge on any atom is 0.307 e. The van der Waals surface area contributed by atoms with Crippen LogP contribution >= 0.6 is 0 Å². The molecule has 3 nitrogen and oxygen atoms in total. The van der Waals surface area contributed by atoms with E-state index >= 15 is 0 Å². The summed E-state index contributed by atoms with van der Waals surface area (Å²) in [6.07, 6.45) is 1.90. The van der Waals surface area contributed by atoms with E-state index in [0.29, 0.717) is 12.8 Å². The number of aliphatic carboxylic acids is 1. The van der Waals surface area contributed by atoms with Crippen LogP contribution in [0.5, 0.6) is 0 Å². The zero-order valence-corrected chi connectivity index (χ0v) is 9.43. The minimum absolute atomic E-state index is 0.0766. The van der Waals surface area contributed by atoms with Gasteiger partial charge in [-0.25, -0.2) is 0 Å². The molecule has 0 heterocycles. The first-order valence-corrected chi connectivity index (χ1v) is 5.96. The normalized spacial score (nSPS) is 34.5. The van der Waals surface area contributed by atoms with Crippen molar-refractivity contribution in [1.29, 1.82) is 0 Å². The summed E-state index contributed by atoms with van der Waals surface area (Å²) in [4.78, 5) is 23.2. The number of carboxylic acids is 1. The van der Waals surface area contributed by atoms with Crippen LogP contribution in [-0.4, -0.2) is 16.9 Å². The van der Waals surface area contributed by atoms with Gasteiger partial charge in [-0.05, 0) is 24.3 Å². The van der Waals surface area contributed by atoms with Crippen LogP contribution in [0.4, 0.5) is 0 Å². The summed E-state index contributed by atoms with van der Waals surface area (Å²) < 4.78 is 0. The summed E-state index contributed by atoms with van der Waals surface area (Å²) >= 11 is 0. The van der Waals surface area contributed by atoms with Crippen LogP contribution in [0.3, 0.4) is 0 Å². The Morgan fingerprint density at radius 2 is 2.06 bits per heavy atom. The summed E-state index contributed by atoms with van der Waals surface area (Å²) in [5.41, 5.74) is 0.490. The third kappa shape index (κ3) is 1.35. The van der Waals surface area contributed by atoms with Crippen LogP contribution in [0.15, 0.2) is 30.3 Å². The van der Waals surface area contributed by atoms with Gasteiger partial charge in [0.1, 0.15) is 5.78 Å². The van der Waals surface area contributed by atoms with Crippen molar-refractivity contribution < 1.29 is 14.7 Å². The minimum atomic E-state index is -0.806. The molecule has 2 fully saturated rings. The van der Waals surface area contributed by atoms with E-state index in [1.807, 2.05) is 30.3 Å². The van der Waals surface area contributed by atoms with Crippen molar-refractivity contribution in [2.75, 3.05) is 0 Å². The van der Waals surface area contributed by atoms with Crippen LogP contribution in [0.1, 0.15) is 18.4 Å². The smallest absolute Gasteiger partial charge is 0.307 e. The second-order valence-corrected chi connectivity index (χ2v) is 5.09. The molecule has 2 aliphatic rings.